The second-order valence-electron chi connectivity index (χ2n) is 9.95. The van der Waals surface area contributed by atoms with Gasteiger partial charge < -0.3 is 24.3 Å². The number of aromatic nitrogens is 1. The molecule has 2 atom stereocenters. The lowest BCUT2D eigenvalue weighted by atomic mass is 10.0. The fraction of sp³-hybridized carbons (Fsp3) is 0.519. The van der Waals surface area contributed by atoms with Gasteiger partial charge in [-0.15, -0.1) is 0 Å². The van der Waals surface area contributed by atoms with E-state index in [-0.39, 0.29) is 12.9 Å². The van der Waals surface area contributed by atoms with E-state index in [9.17, 15) is 4.79 Å². The minimum atomic E-state index is -0.256. The van der Waals surface area contributed by atoms with Gasteiger partial charge in [-0.2, -0.15) is 0 Å². The Kier molecular flexibility index (Phi) is 5.83. The fourth-order valence-electron chi connectivity index (χ4n) is 5.60. The van der Waals surface area contributed by atoms with Crippen LogP contribution in [0.25, 0.3) is 10.9 Å². The smallest absolute Gasteiger partial charge is 0.270 e. The van der Waals surface area contributed by atoms with Crippen molar-refractivity contribution in [1.29, 1.82) is 0 Å². The topological polar surface area (TPSA) is 55.7 Å². The van der Waals surface area contributed by atoms with E-state index >= 15 is 0 Å². The molecular formula is C27H37N3O3. The molecule has 1 amide bonds. The van der Waals surface area contributed by atoms with Crippen LogP contribution in [0.5, 0.6) is 0 Å². The second kappa shape index (κ2) is 8.65. The van der Waals surface area contributed by atoms with Gasteiger partial charge in [0.1, 0.15) is 11.5 Å². The van der Waals surface area contributed by atoms with Gasteiger partial charge in [-0.3, -0.25) is 4.79 Å². The first-order valence-corrected chi connectivity index (χ1v) is 12.1. The zero-order valence-electron chi connectivity index (χ0n) is 20.1. The molecule has 2 unspecified atom stereocenters. The molecule has 33 heavy (non-hydrogen) atoms. The van der Waals surface area contributed by atoms with Crippen LogP contribution < -0.4 is 5.32 Å². The van der Waals surface area contributed by atoms with E-state index in [1.54, 1.807) is 14.2 Å². The predicted octanol–water partition coefficient (Wildman–Crippen LogP) is 4.37. The van der Waals surface area contributed by atoms with Crippen LogP contribution in [0.1, 0.15) is 45.0 Å². The van der Waals surface area contributed by atoms with E-state index in [1.807, 2.05) is 23.1 Å². The first kappa shape index (κ1) is 22.2. The number of likely N-dealkylation sites (tertiary alicyclic amines) is 1. The van der Waals surface area contributed by atoms with Crippen LogP contribution >= 0.6 is 0 Å². The second-order valence-corrected chi connectivity index (χ2v) is 9.95. The lowest BCUT2D eigenvalue weighted by Gasteiger charge is -2.33. The molecule has 0 spiro atoms. The van der Waals surface area contributed by atoms with Crippen molar-refractivity contribution in [2.45, 2.75) is 57.3 Å². The van der Waals surface area contributed by atoms with Crippen molar-refractivity contribution in [3.63, 3.8) is 0 Å². The van der Waals surface area contributed by atoms with E-state index in [1.165, 1.54) is 0 Å². The van der Waals surface area contributed by atoms with Crippen LogP contribution in [-0.4, -0.2) is 60.4 Å². The lowest BCUT2D eigenvalue weighted by molar-refractivity contribution is 0.0693. The quantitative estimate of drug-likeness (QED) is 0.679. The number of hydrogen-bond acceptors (Lipinski definition) is 4. The Morgan fingerprint density at radius 1 is 1.24 bits per heavy atom. The Balaban J connectivity index is 0.00000274. The van der Waals surface area contributed by atoms with E-state index < -0.39 is 0 Å². The number of nitrogens with zero attached hydrogens (tertiary/aromatic N) is 2. The van der Waals surface area contributed by atoms with Crippen molar-refractivity contribution in [1.82, 2.24) is 14.8 Å². The summed E-state index contributed by atoms with van der Waals surface area (Å²) in [4.78, 5) is 15.7. The van der Waals surface area contributed by atoms with Crippen LogP contribution in [0.15, 0.2) is 53.8 Å². The molecule has 1 aliphatic heterocycles. The predicted molar refractivity (Wildman–Crippen MR) is 132 cm³/mol. The maximum Gasteiger partial charge on any atom is 0.270 e. The molecule has 1 aromatic heterocycles. The maximum atomic E-state index is 13.7. The Morgan fingerprint density at radius 2 is 2.00 bits per heavy atom. The van der Waals surface area contributed by atoms with Crippen LogP contribution in [0.3, 0.4) is 0 Å². The van der Waals surface area contributed by atoms with Crippen LogP contribution in [-0.2, 0) is 16.0 Å². The summed E-state index contributed by atoms with van der Waals surface area (Å²) in [7, 11) is 3.50. The number of hydrogen-bond donors (Lipinski definition) is 1. The van der Waals surface area contributed by atoms with Gasteiger partial charge in [-0.05, 0) is 49.1 Å². The highest BCUT2D eigenvalue weighted by molar-refractivity contribution is 5.99. The highest BCUT2D eigenvalue weighted by Gasteiger charge is 2.57. The zero-order chi connectivity index (χ0) is 23.2. The number of para-hydroxylation sites is 1. The Bertz CT molecular complexity index is 1110. The monoisotopic (exact) mass is 451 g/mol. The number of nitrogens with one attached hydrogen (secondary N) is 1. The minimum absolute atomic E-state index is 0. The molecule has 6 heteroatoms. The van der Waals surface area contributed by atoms with E-state index in [4.69, 9.17) is 9.47 Å². The standard InChI is InChI=1S/C27H35N3O3.H2/c1-18(2)28-21-9-11-29(12-10-21)26(31)24-14-20-7-5-6-8-23(20)30(24)17-19-13-25(32-3)22-16-27(22,15-19)33-4;/h5-8,13-15,18,21-22,28H,9-12,16-17H2,1-4H3;1H. The van der Waals surface area contributed by atoms with Gasteiger partial charge in [-0.1, -0.05) is 32.0 Å². The molecule has 0 bridgehead atoms. The Hall–Kier alpha value is -2.57. The van der Waals surface area contributed by atoms with Crippen molar-refractivity contribution in [2.75, 3.05) is 27.3 Å². The minimum Gasteiger partial charge on any atom is -0.501 e. The molecule has 1 saturated carbocycles. The third-order valence-electron chi connectivity index (χ3n) is 7.39. The highest BCUT2D eigenvalue weighted by atomic mass is 16.5. The first-order valence-electron chi connectivity index (χ1n) is 12.1. The number of benzene rings is 1. The summed E-state index contributed by atoms with van der Waals surface area (Å²) < 4.78 is 13.7. The van der Waals surface area contributed by atoms with E-state index in [0.717, 1.165) is 60.3 Å². The van der Waals surface area contributed by atoms with Gasteiger partial charge in [0.05, 0.1) is 18.6 Å². The van der Waals surface area contributed by atoms with Crippen molar-refractivity contribution in [3.05, 3.63) is 59.5 Å². The van der Waals surface area contributed by atoms with E-state index in [0.29, 0.717) is 24.5 Å². The van der Waals surface area contributed by atoms with Crippen molar-refractivity contribution in [3.8, 4) is 0 Å². The van der Waals surface area contributed by atoms with Gasteiger partial charge in [0.2, 0.25) is 0 Å². The van der Waals surface area contributed by atoms with Gasteiger partial charge in [0.25, 0.3) is 5.91 Å². The molecule has 2 heterocycles. The maximum absolute atomic E-state index is 13.7. The SMILES string of the molecule is COC1=CC(Cn2c(C(=O)N3CCC(NC(C)C)CC3)cc3ccccc32)=CC2(OC)CC12.[HH]. The third kappa shape index (κ3) is 4.11. The molecule has 1 aromatic carbocycles. The normalized spacial score (nSPS) is 25.1. The average Bonchev–Trinajstić information content (AvgIpc) is 3.45. The molecule has 1 N–H and O–H groups in total. The molecule has 5 rings (SSSR count). The number of allylic oxidation sites excluding steroid dienone is 2. The summed E-state index contributed by atoms with van der Waals surface area (Å²) in [5.41, 5.74) is 2.70. The number of carbonyl (C=O) groups excluding carboxylic acids is 1. The number of ether oxygens (including phenoxy) is 2. The van der Waals surface area contributed by atoms with Crippen LogP contribution in [0.4, 0.5) is 0 Å². The van der Waals surface area contributed by atoms with Crippen molar-refractivity contribution >= 4 is 16.8 Å². The summed E-state index contributed by atoms with van der Waals surface area (Å²) in [5.74, 6) is 1.39. The third-order valence-corrected chi connectivity index (χ3v) is 7.39. The summed E-state index contributed by atoms with van der Waals surface area (Å²) in [6.45, 7) is 6.55. The van der Waals surface area contributed by atoms with Gasteiger partial charge in [0, 0.05) is 51.2 Å². The highest BCUT2D eigenvalue weighted by Crippen LogP contribution is 2.55. The van der Waals surface area contributed by atoms with Crippen LogP contribution in [0.2, 0.25) is 0 Å². The summed E-state index contributed by atoms with van der Waals surface area (Å²) in [5, 5.41) is 4.71. The molecule has 178 valence electrons. The number of fused-ring (bicyclic) bond motifs is 2. The molecule has 1 saturated heterocycles. The molecule has 3 aliphatic rings. The average molecular weight is 452 g/mol. The summed E-state index contributed by atoms with van der Waals surface area (Å²) >= 11 is 0. The fourth-order valence-corrected chi connectivity index (χ4v) is 5.60. The Labute approximate surface area is 197 Å². The molecule has 2 fully saturated rings. The first-order chi connectivity index (χ1) is 15.9. The van der Waals surface area contributed by atoms with Crippen LogP contribution in [0, 0.1) is 5.92 Å². The summed E-state index contributed by atoms with van der Waals surface area (Å²) in [6.07, 6.45) is 7.29. The number of methoxy groups -OCH3 is 2. The zero-order valence-corrected chi connectivity index (χ0v) is 20.1. The van der Waals surface area contributed by atoms with E-state index in [2.05, 4.69) is 48.0 Å². The number of piperidine rings is 1. The molecule has 6 nitrogen and oxygen atoms in total. The molecular weight excluding hydrogens is 414 g/mol. The van der Waals surface area contributed by atoms with Gasteiger partial charge in [0.15, 0.2) is 0 Å². The van der Waals surface area contributed by atoms with Crippen molar-refractivity contribution in [2.24, 2.45) is 5.92 Å². The molecule has 2 aliphatic carbocycles. The van der Waals surface area contributed by atoms with Gasteiger partial charge in [-0.25, -0.2) is 0 Å². The molecule has 0 radical (unpaired) electrons. The Morgan fingerprint density at radius 3 is 2.70 bits per heavy atom. The van der Waals surface area contributed by atoms with Gasteiger partial charge >= 0.3 is 0 Å². The number of amides is 1. The lowest BCUT2D eigenvalue weighted by Crippen LogP contribution is -2.47. The molecule has 2 aromatic rings. The largest absolute Gasteiger partial charge is 0.501 e. The van der Waals surface area contributed by atoms with Crippen molar-refractivity contribution < 1.29 is 15.7 Å². The summed E-state index contributed by atoms with van der Waals surface area (Å²) in [6, 6.07) is 11.3. The number of carbonyl (C=O) groups is 1. The number of rotatable bonds is 7.